The molecule has 144 valence electrons. The predicted molar refractivity (Wildman–Crippen MR) is 99.5 cm³/mol. The van der Waals surface area contributed by atoms with E-state index in [1.165, 1.54) is 6.07 Å². The first-order chi connectivity index (χ1) is 12.8. The van der Waals surface area contributed by atoms with E-state index in [9.17, 15) is 13.2 Å². The summed E-state index contributed by atoms with van der Waals surface area (Å²) in [6.07, 6.45) is -4.32. The molecule has 0 spiro atoms. The van der Waals surface area contributed by atoms with Crippen LogP contribution in [0.25, 0.3) is 16.6 Å². The van der Waals surface area contributed by atoms with Gasteiger partial charge >= 0.3 is 6.18 Å². The highest BCUT2D eigenvalue weighted by atomic mass is 35.5. The molecule has 1 unspecified atom stereocenters. The van der Waals surface area contributed by atoms with Gasteiger partial charge in [-0.25, -0.2) is 0 Å². The van der Waals surface area contributed by atoms with Crippen LogP contribution in [0.15, 0.2) is 42.5 Å². The predicted octanol–water partition coefficient (Wildman–Crippen LogP) is 5.54. The lowest BCUT2D eigenvalue weighted by molar-refractivity contribution is -0.137. The smallest absolute Gasteiger partial charge is 0.396 e. The van der Waals surface area contributed by atoms with Gasteiger partial charge in [0, 0.05) is 24.8 Å². The molecule has 0 amide bonds. The van der Waals surface area contributed by atoms with Crippen LogP contribution >= 0.6 is 11.6 Å². The summed E-state index contributed by atoms with van der Waals surface area (Å²) < 4.78 is 46.9. The third kappa shape index (κ3) is 3.83. The lowest BCUT2D eigenvalue weighted by Gasteiger charge is -2.16. The van der Waals surface area contributed by atoms with E-state index in [4.69, 9.17) is 21.4 Å². The fourth-order valence-electron chi connectivity index (χ4n) is 3.12. The summed E-state index contributed by atoms with van der Waals surface area (Å²) in [7, 11) is 1.55. The molecule has 0 aliphatic carbocycles. The van der Waals surface area contributed by atoms with Gasteiger partial charge in [0.1, 0.15) is 0 Å². The Bertz CT molecular complexity index is 949. The summed E-state index contributed by atoms with van der Waals surface area (Å²) in [5.74, 6) is 0. The summed E-state index contributed by atoms with van der Waals surface area (Å²) in [6.45, 7) is 1.88. The molecule has 1 heterocycles. The van der Waals surface area contributed by atoms with Crippen molar-refractivity contribution in [2.75, 3.05) is 13.7 Å². The second-order valence-electron chi connectivity index (χ2n) is 6.31. The van der Waals surface area contributed by atoms with Crippen LogP contribution in [-0.4, -0.2) is 23.4 Å². The van der Waals surface area contributed by atoms with Crippen molar-refractivity contribution in [3.05, 3.63) is 64.3 Å². The van der Waals surface area contributed by atoms with Gasteiger partial charge in [-0.15, -0.1) is 0 Å². The minimum absolute atomic E-state index is 0.0492. The number of nitrogens with zero attached hydrogens (tertiary/aromatic N) is 1. The Labute approximate surface area is 159 Å². The number of benzene rings is 2. The summed E-state index contributed by atoms with van der Waals surface area (Å²) in [5.41, 5.74) is 2.18. The van der Waals surface area contributed by atoms with E-state index in [1.54, 1.807) is 13.2 Å². The van der Waals surface area contributed by atoms with Gasteiger partial charge < -0.3 is 14.4 Å². The van der Waals surface area contributed by atoms with Gasteiger partial charge in [-0.3, -0.25) is 0 Å². The first-order valence-electron chi connectivity index (χ1n) is 8.41. The Morgan fingerprint density at radius 3 is 2.37 bits per heavy atom. The number of ether oxygens (including phenoxy) is 1. The number of fused-ring (bicyclic) bond motifs is 1. The number of aliphatic hydroxyl groups excluding tert-OH is 1. The van der Waals surface area contributed by atoms with Crippen LogP contribution < -0.4 is 0 Å². The largest absolute Gasteiger partial charge is 0.417 e. The van der Waals surface area contributed by atoms with Crippen LogP contribution in [0, 0.1) is 0 Å². The van der Waals surface area contributed by atoms with E-state index in [0.29, 0.717) is 17.3 Å². The van der Waals surface area contributed by atoms with Gasteiger partial charge in [-0.05, 0) is 49.2 Å². The number of rotatable bonds is 5. The number of aromatic nitrogens is 1. The van der Waals surface area contributed by atoms with Gasteiger partial charge in [0.2, 0.25) is 0 Å². The molecule has 1 atom stereocenters. The zero-order chi connectivity index (χ0) is 19.8. The maximum Gasteiger partial charge on any atom is 0.417 e. The quantitative estimate of drug-likeness (QED) is 0.613. The van der Waals surface area contributed by atoms with Crippen LogP contribution in [0.3, 0.4) is 0 Å². The lowest BCUT2D eigenvalue weighted by atomic mass is 10.1. The second kappa shape index (κ2) is 7.54. The molecule has 0 fully saturated rings. The minimum Gasteiger partial charge on any atom is -0.396 e. The molecular formula is C20H19ClF3NO2. The second-order valence-corrected chi connectivity index (χ2v) is 6.72. The Balaban J connectivity index is 2.24. The average molecular weight is 398 g/mol. The van der Waals surface area contributed by atoms with E-state index in [-0.39, 0.29) is 17.7 Å². The Morgan fingerprint density at radius 2 is 1.81 bits per heavy atom. The lowest BCUT2D eigenvalue weighted by Crippen LogP contribution is -2.07. The Morgan fingerprint density at radius 1 is 1.15 bits per heavy atom. The average Bonchev–Trinajstić information content (AvgIpc) is 2.99. The maximum absolute atomic E-state index is 13.2. The maximum atomic E-state index is 13.2. The molecule has 7 heteroatoms. The normalized spacial score (nSPS) is 13.3. The number of hydrogen-bond donors (Lipinski definition) is 1. The van der Waals surface area contributed by atoms with Crippen molar-refractivity contribution in [3.8, 4) is 5.69 Å². The SMILES string of the molecule is COC(C)c1cc2cc(C(F)(F)F)c(Cl)cc2n1-c1ccc(CCO)cc1. The molecule has 1 aromatic heterocycles. The molecule has 3 rings (SSSR count). The van der Waals surface area contributed by atoms with Crippen LogP contribution in [0.2, 0.25) is 5.02 Å². The Hall–Kier alpha value is -2.02. The van der Waals surface area contributed by atoms with Crippen molar-refractivity contribution < 1.29 is 23.0 Å². The van der Waals surface area contributed by atoms with Crippen LogP contribution in [0.5, 0.6) is 0 Å². The third-order valence-electron chi connectivity index (χ3n) is 4.59. The van der Waals surface area contributed by atoms with Gasteiger partial charge in [0.25, 0.3) is 0 Å². The fraction of sp³-hybridized carbons (Fsp3) is 0.300. The van der Waals surface area contributed by atoms with E-state index >= 15 is 0 Å². The van der Waals surface area contributed by atoms with Crippen molar-refractivity contribution in [3.63, 3.8) is 0 Å². The molecule has 3 nitrogen and oxygen atoms in total. The van der Waals surface area contributed by atoms with Gasteiger partial charge in [-0.1, -0.05) is 23.7 Å². The van der Waals surface area contributed by atoms with E-state index < -0.39 is 11.7 Å². The van der Waals surface area contributed by atoms with Crippen molar-refractivity contribution in [1.29, 1.82) is 0 Å². The molecule has 3 aromatic rings. The van der Waals surface area contributed by atoms with E-state index in [1.807, 2.05) is 35.8 Å². The molecule has 27 heavy (non-hydrogen) atoms. The van der Waals surface area contributed by atoms with Gasteiger partial charge in [0.15, 0.2) is 0 Å². The number of hydrogen-bond acceptors (Lipinski definition) is 2. The standard InChI is InChI=1S/C20H19ClF3NO2/c1-12(27-2)18-10-14-9-16(20(22,23)24)17(21)11-19(14)25(18)15-5-3-13(4-6-15)7-8-26/h3-6,9-12,26H,7-8H2,1-2H3. The molecule has 0 radical (unpaired) electrons. The van der Waals surface area contributed by atoms with Crippen molar-refractivity contribution in [2.24, 2.45) is 0 Å². The van der Waals surface area contributed by atoms with Crippen LogP contribution in [0.1, 0.15) is 29.8 Å². The molecular weight excluding hydrogens is 379 g/mol. The number of halogens is 4. The molecule has 0 saturated carbocycles. The van der Waals surface area contributed by atoms with Gasteiger partial charge in [0.05, 0.1) is 27.9 Å². The molecule has 0 aliphatic heterocycles. The summed E-state index contributed by atoms with van der Waals surface area (Å²) >= 11 is 5.94. The molecule has 2 aromatic carbocycles. The zero-order valence-corrected chi connectivity index (χ0v) is 15.6. The fourth-order valence-corrected chi connectivity index (χ4v) is 3.38. The van der Waals surface area contributed by atoms with E-state index in [0.717, 1.165) is 23.0 Å². The minimum atomic E-state index is -4.52. The summed E-state index contributed by atoms with van der Waals surface area (Å²) in [5, 5.41) is 9.15. The third-order valence-corrected chi connectivity index (χ3v) is 4.90. The highest BCUT2D eigenvalue weighted by Gasteiger charge is 2.34. The molecule has 1 N–H and O–H groups in total. The van der Waals surface area contributed by atoms with Crippen molar-refractivity contribution in [1.82, 2.24) is 4.57 Å². The first-order valence-corrected chi connectivity index (χ1v) is 8.79. The highest BCUT2D eigenvalue weighted by Crippen LogP contribution is 2.39. The van der Waals surface area contributed by atoms with E-state index in [2.05, 4.69) is 0 Å². The number of alkyl halides is 3. The van der Waals surface area contributed by atoms with Crippen molar-refractivity contribution >= 4 is 22.5 Å². The topological polar surface area (TPSA) is 34.4 Å². The summed E-state index contributed by atoms with van der Waals surface area (Å²) in [4.78, 5) is 0. The highest BCUT2D eigenvalue weighted by molar-refractivity contribution is 6.32. The molecule has 0 saturated heterocycles. The van der Waals surface area contributed by atoms with Gasteiger partial charge in [-0.2, -0.15) is 13.2 Å². The monoisotopic (exact) mass is 397 g/mol. The molecule has 0 aliphatic rings. The van der Waals surface area contributed by atoms with Crippen LogP contribution in [0.4, 0.5) is 13.2 Å². The zero-order valence-electron chi connectivity index (χ0n) is 14.8. The van der Waals surface area contributed by atoms with Crippen LogP contribution in [-0.2, 0) is 17.3 Å². The van der Waals surface area contributed by atoms with Crippen molar-refractivity contribution in [2.45, 2.75) is 25.6 Å². The number of methoxy groups -OCH3 is 1. The first kappa shape index (κ1) is 19.7. The Kier molecular flexibility index (Phi) is 5.51. The summed E-state index contributed by atoms with van der Waals surface area (Å²) in [6, 6.07) is 11.6. The molecule has 0 bridgehead atoms. The number of aliphatic hydroxyl groups is 1.